The van der Waals surface area contributed by atoms with Crippen LogP contribution in [0.25, 0.3) is 0 Å². The summed E-state index contributed by atoms with van der Waals surface area (Å²) in [6.07, 6.45) is 2.74. The summed E-state index contributed by atoms with van der Waals surface area (Å²) in [4.78, 5) is 2.61. The van der Waals surface area contributed by atoms with Crippen molar-refractivity contribution in [1.29, 1.82) is 0 Å². The second kappa shape index (κ2) is 5.54. The molecule has 0 aliphatic carbocycles. The molecule has 2 rings (SSSR count). The minimum atomic E-state index is 0.214. The fraction of sp³-hybridized carbons (Fsp3) is 0.647. The molecule has 0 N–H and O–H groups in total. The first-order chi connectivity index (χ1) is 8.89. The lowest BCUT2D eigenvalue weighted by atomic mass is 9.98. The highest BCUT2D eigenvalue weighted by Gasteiger charge is 2.35. The lowest BCUT2D eigenvalue weighted by Gasteiger charge is -2.37. The molecule has 1 atom stereocenters. The third kappa shape index (κ3) is 3.30. The molecule has 1 fully saturated rings. The molecular formula is C17H27NO. The Kier molecular flexibility index (Phi) is 4.19. The van der Waals surface area contributed by atoms with Crippen LogP contribution in [0, 0.1) is 0 Å². The van der Waals surface area contributed by atoms with E-state index in [4.69, 9.17) is 4.74 Å². The van der Waals surface area contributed by atoms with Gasteiger partial charge in [0.25, 0.3) is 0 Å². The molecule has 0 saturated carbocycles. The van der Waals surface area contributed by atoms with Crippen LogP contribution in [-0.4, -0.2) is 23.1 Å². The zero-order valence-corrected chi connectivity index (χ0v) is 12.9. The van der Waals surface area contributed by atoms with Gasteiger partial charge in [-0.1, -0.05) is 18.2 Å². The lowest BCUT2D eigenvalue weighted by molar-refractivity contribution is 0.118. The van der Waals surface area contributed by atoms with Crippen LogP contribution in [0.1, 0.15) is 59.1 Å². The molecule has 1 aliphatic heterocycles. The number of hydrogen-bond donors (Lipinski definition) is 0. The maximum Gasteiger partial charge on any atom is 0.124 e. The summed E-state index contributed by atoms with van der Waals surface area (Å²) >= 11 is 0. The topological polar surface area (TPSA) is 12.5 Å². The summed E-state index contributed by atoms with van der Waals surface area (Å²) in [5, 5.41) is 0. The Morgan fingerprint density at radius 3 is 2.53 bits per heavy atom. The van der Waals surface area contributed by atoms with Gasteiger partial charge in [-0.15, -0.1) is 0 Å². The van der Waals surface area contributed by atoms with Crippen LogP contribution in [-0.2, 0) is 0 Å². The molecule has 0 aromatic heterocycles. The summed E-state index contributed by atoms with van der Waals surface area (Å²) in [6, 6.07) is 9.02. The maximum absolute atomic E-state index is 5.99. The van der Waals surface area contributed by atoms with Crippen molar-refractivity contribution in [2.75, 3.05) is 6.54 Å². The molecule has 0 amide bonds. The van der Waals surface area contributed by atoms with Gasteiger partial charge in [0.2, 0.25) is 0 Å². The van der Waals surface area contributed by atoms with Gasteiger partial charge in [-0.25, -0.2) is 0 Å². The van der Waals surface area contributed by atoms with Crippen molar-refractivity contribution in [1.82, 2.24) is 4.90 Å². The number of benzene rings is 1. The Balaban J connectivity index is 2.30. The third-order valence-electron chi connectivity index (χ3n) is 3.76. The summed E-state index contributed by atoms with van der Waals surface area (Å²) in [7, 11) is 0. The zero-order valence-electron chi connectivity index (χ0n) is 12.9. The quantitative estimate of drug-likeness (QED) is 0.799. The molecule has 1 heterocycles. The van der Waals surface area contributed by atoms with Crippen molar-refractivity contribution >= 4 is 0 Å². The second-order valence-electron chi connectivity index (χ2n) is 6.73. The summed E-state index contributed by atoms with van der Waals surface area (Å²) in [5.41, 5.74) is 1.56. The van der Waals surface area contributed by atoms with Gasteiger partial charge in [0.1, 0.15) is 5.75 Å². The molecule has 1 aromatic carbocycles. The van der Waals surface area contributed by atoms with E-state index in [1.807, 2.05) is 0 Å². The lowest BCUT2D eigenvalue weighted by Crippen LogP contribution is -2.40. The predicted octanol–water partition coefficient (Wildman–Crippen LogP) is 4.41. The van der Waals surface area contributed by atoms with Crippen molar-refractivity contribution in [3.63, 3.8) is 0 Å². The summed E-state index contributed by atoms with van der Waals surface area (Å²) in [6.45, 7) is 12.3. The first kappa shape index (κ1) is 14.4. The Bertz CT molecular complexity index is 420. The van der Waals surface area contributed by atoms with Crippen molar-refractivity contribution in [2.45, 2.75) is 65.1 Å². The van der Waals surface area contributed by atoms with E-state index < -0.39 is 0 Å². The van der Waals surface area contributed by atoms with Gasteiger partial charge in [0, 0.05) is 17.1 Å². The Labute approximate surface area is 117 Å². The molecular weight excluding hydrogens is 234 g/mol. The average Bonchev–Trinajstić information content (AvgIpc) is 2.77. The largest absolute Gasteiger partial charge is 0.491 e. The number of likely N-dealkylation sites (tertiary alicyclic amines) is 1. The molecule has 0 radical (unpaired) electrons. The van der Waals surface area contributed by atoms with Gasteiger partial charge in [-0.2, -0.15) is 0 Å². The maximum atomic E-state index is 5.99. The minimum Gasteiger partial charge on any atom is -0.491 e. The highest BCUT2D eigenvalue weighted by Crippen LogP contribution is 2.40. The highest BCUT2D eigenvalue weighted by molar-refractivity contribution is 5.37. The van der Waals surface area contributed by atoms with Crippen LogP contribution < -0.4 is 4.74 Å². The smallest absolute Gasteiger partial charge is 0.124 e. The molecule has 19 heavy (non-hydrogen) atoms. The van der Waals surface area contributed by atoms with E-state index in [2.05, 4.69) is 63.8 Å². The van der Waals surface area contributed by atoms with E-state index in [0.717, 1.165) is 5.75 Å². The molecule has 0 spiro atoms. The van der Waals surface area contributed by atoms with Crippen molar-refractivity contribution in [3.05, 3.63) is 29.8 Å². The zero-order chi connectivity index (χ0) is 14.0. The number of hydrogen-bond acceptors (Lipinski definition) is 2. The minimum absolute atomic E-state index is 0.214. The summed E-state index contributed by atoms with van der Waals surface area (Å²) in [5.74, 6) is 1.05. The van der Waals surface area contributed by atoms with Crippen LogP contribution >= 0.6 is 0 Å². The van der Waals surface area contributed by atoms with Gasteiger partial charge in [0.05, 0.1) is 6.10 Å². The fourth-order valence-electron chi connectivity index (χ4n) is 3.01. The molecule has 106 valence electrons. The standard InChI is InChI=1S/C17H27NO/c1-13(2)19-16-11-7-6-9-14(16)15-10-8-12-18(15)17(3,4)5/h6-7,9,11,13,15H,8,10,12H2,1-5H3/t15-/m0/s1. The van der Waals surface area contributed by atoms with Crippen LogP contribution in [0.15, 0.2) is 24.3 Å². The second-order valence-corrected chi connectivity index (χ2v) is 6.73. The predicted molar refractivity (Wildman–Crippen MR) is 80.6 cm³/mol. The van der Waals surface area contributed by atoms with Gasteiger partial charge >= 0.3 is 0 Å². The van der Waals surface area contributed by atoms with Crippen LogP contribution in [0.2, 0.25) is 0 Å². The monoisotopic (exact) mass is 261 g/mol. The molecule has 2 heteroatoms. The van der Waals surface area contributed by atoms with Crippen molar-refractivity contribution in [2.24, 2.45) is 0 Å². The highest BCUT2D eigenvalue weighted by atomic mass is 16.5. The van der Waals surface area contributed by atoms with Gasteiger partial charge < -0.3 is 4.74 Å². The van der Waals surface area contributed by atoms with E-state index in [1.165, 1.54) is 24.9 Å². The number of rotatable bonds is 3. The fourth-order valence-corrected chi connectivity index (χ4v) is 3.01. The summed E-state index contributed by atoms with van der Waals surface area (Å²) < 4.78 is 5.99. The average molecular weight is 261 g/mol. The number of ether oxygens (including phenoxy) is 1. The number of para-hydroxylation sites is 1. The van der Waals surface area contributed by atoms with E-state index in [1.54, 1.807) is 0 Å². The van der Waals surface area contributed by atoms with E-state index >= 15 is 0 Å². The normalized spacial score (nSPS) is 21.1. The molecule has 0 unspecified atom stereocenters. The first-order valence-electron chi connectivity index (χ1n) is 7.42. The van der Waals surface area contributed by atoms with Crippen LogP contribution in [0.3, 0.4) is 0 Å². The molecule has 1 aromatic rings. The van der Waals surface area contributed by atoms with Gasteiger partial charge in [0.15, 0.2) is 0 Å². The van der Waals surface area contributed by atoms with Crippen LogP contribution in [0.5, 0.6) is 5.75 Å². The van der Waals surface area contributed by atoms with Gasteiger partial charge in [-0.3, -0.25) is 4.90 Å². The number of nitrogens with zero attached hydrogens (tertiary/aromatic N) is 1. The van der Waals surface area contributed by atoms with Gasteiger partial charge in [-0.05, 0) is 60.1 Å². The SMILES string of the molecule is CC(C)Oc1ccccc1[C@@H]1CCCN1C(C)(C)C. The van der Waals surface area contributed by atoms with Crippen molar-refractivity contribution < 1.29 is 4.74 Å². The van der Waals surface area contributed by atoms with Crippen LogP contribution in [0.4, 0.5) is 0 Å². The third-order valence-corrected chi connectivity index (χ3v) is 3.76. The van der Waals surface area contributed by atoms with E-state index in [0.29, 0.717) is 6.04 Å². The molecule has 1 saturated heterocycles. The Morgan fingerprint density at radius 2 is 1.89 bits per heavy atom. The van der Waals surface area contributed by atoms with Crippen molar-refractivity contribution in [3.8, 4) is 5.75 Å². The first-order valence-corrected chi connectivity index (χ1v) is 7.42. The molecule has 0 bridgehead atoms. The van der Waals surface area contributed by atoms with E-state index in [-0.39, 0.29) is 11.6 Å². The molecule has 2 nitrogen and oxygen atoms in total. The van der Waals surface area contributed by atoms with E-state index in [9.17, 15) is 0 Å². The Morgan fingerprint density at radius 1 is 1.21 bits per heavy atom. The molecule has 1 aliphatic rings. The Hall–Kier alpha value is -1.02.